The number of ether oxygens (including phenoxy) is 3. The number of aromatic nitrogens is 1. The van der Waals surface area contributed by atoms with Gasteiger partial charge in [0.2, 0.25) is 5.75 Å². The predicted molar refractivity (Wildman–Crippen MR) is 81.0 cm³/mol. The van der Waals surface area contributed by atoms with E-state index in [-0.39, 0.29) is 12.2 Å². The first-order valence-electron chi connectivity index (χ1n) is 6.33. The number of thiazole rings is 1. The van der Waals surface area contributed by atoms with Gasteiger partial charge in [0.1, 0.15) is 0 Å². The van der Waals surface area contributed by atoms with Crippen molar-refractivity contribution in [3.8, 4) is 17.2 Å². The molecule has 5 nitrogen and oxygen atoms in total. The number of hydrogen-bond donors (Lipinski definition) is 0. The molecule has 21 heavy (non-hydrogen) atoms. The van der Waals surface area contributed by atoms with Crippen LogP contribution in [0.25, 0.3) is 0 Å². The van der Waals surface area contributed by atoms with Gasteiger partial charge in [-0.2, -0.15) is 0 Å². The number of nitrogens with zero attached hydrogens (tertiary/aromatic N) is 1. The molecule has 0 atom stereocenters. The van der Waals surface area contributed by atoms with Crippen molar-refractivity contribution in [3.63, 3.8) is 0 Å². The van der Waals surface area contributed by atoms with Gasteiger partial charge in [0.25, 0.3) is 0 Å². The minimum absolute atomic E-state index is 0.0421. The topological polar surface area (TPSA) is 57.7 Å². The van der Waals surface area contributed by atoms with Gasteiger partial charge in [0, 0.05) is 10.9 Å². The molecule has 0 bridgehead atoms. The number of aryl methyl sites for hydroxylation is 1. The van der Waals surface area contributed by atoms with Crippen LogP contribution < -0.4 is 14.2 Å². The first kappa shape index (κ1) is 15.3. The second-order valence-electron chi connectivity index (χ2n) is 4.37. The third kappa shape index (κ3) is 3.33. The van der Waals surface area contributed by atoms with E-state index in [1.807, 2.05) is 12.3 Å². The molecular weight excluding hydrogens is 290 g/mol. The summed E-state index contributed by atoms with van der Waals surface area (Å²) in [6.07, 6.45) is 0.253. The van der Waals surface area contributed by atoms with Crippen LogP contribution in [0.2, 0.25) is 0 Å². The molecular formula is C15H17NO4S. The lowest BCUT2D eigenvalue weighted by Gasteiger charge is -2.13. The summed E-state index contributed by atoms with van der Waals surface area (Å²) >= 11 is 1.53. The molecule has 0 spiro atoms. The maximum Gasteiger partial charge on any atom is 0.203 e. The summed E-state index contributed by atoms with van der Waals surface area (Å²) < 4.78 is 15.7. The SMILES string of the molecule is COc1cc(C(=O)Cc2csc(C)n2)cc(OC)c1OC. The molecule has 0 aliphatic heterocycles. The standard InChI is InChI=1S/C15H17NO4S/c1-9-16-11(8-21-9)7-12(17)10-5-13(18-2)15(20-4)14(6-10)19-3/h5-6,8H,7H2,1-4H3. The molecule has 0 aliphatic carbocycles. The van der Waals surface area contributed by atoms with Gasteiger partial charge in [-0.25, -0.2) is 4.98 Å². The lowest BCUT2D eigenvalue weighted by atomic mass is 10.1. The number of Topliss-reactive ketones (excluding diaryl/α,β-unsaturated/α-hetero) is 1. The van der Waals surface area contributed by atoms with Crippen molar-refractivity contribution in [1.82, 2.24) is 4.98 Å². The maximum absolute atomic E-state index is 12.4. The zero-order chi connectivity index (χ0) is 15.4. The van der Waals surface area contributed by atoms with Crippen LogP contribution >= 0.6 is 11.3 Å². The van der Waals surface area contributed by atoms with Gasteiger partial charge in [0.05, 0.1) is 38.5 Å². The maximum atomic E-state index is 12.4. The average molecular weight is 307 g/mol. The van der Waals surface area contributed by atoms with Crippen LogP contribution in [0.15, 0.2) is 17.5 Å². The molecule has 1 heterocycles. The minimum Gasteiger partial charge on any atom is -0.493 e. The third-order valence-corrected chi connectivity index (χ3v) is 3.82. The summed E-state index contributed by atoms with van der Waals surface area (Å²) in [5.41, 5.74) is 1.28. The highest BCUT2D eigenvalue weighted by atomic mass is 32.1. The van der Waals surface area contributed by atoms with Crippen molar-refractivity contribution < 1.29 is 19.0 Å². The van der Waals surface area contributed by atoms with Crippen LogP contribution in [0.5, 0.6) is 17.2 Å². The minimum atomic E-state index is -0.0421. The lowest BCUT2D eigenvalue weighted by molar-refractivity contribution is 0.0991. The highest BCUT2D eigenvalue weighted by Crippen LogP contribution is 2.38. The van der Waals surface area contributed by atoms with Crippen molar-refractivity contribution in [2.75, 3.05) is 21.3 Å². The number of ketones is 1. The predicted octanol–water partition coefficient (Wildman–Crippen LogP) is 2.90. The van der Waals surface area contributed by atoms with Crippen LogP contribution in [0.1, 0.15) is 21.1 Å². The van der Waals surface area contributed by atoms with E-state index in [4.69, 9.17) is 14.2 Å². The van der Waals surface area contributed by atoms with Crippen LogP contribution in [-0.4, -0.2) is 32.1 Å². The summed E-state index contributed by atoms with van der Waals surface area (Å²) in [6, 6.07) is 3.31. The van der Waals surface area contributed by atoms with Crippen LogP contribution in [-0.2, 0) is 6.42 Å². The molecule has 1 aromatic carbocycles. The zero-order valence-corrected chi connectivity index (χ0v) is 13.2. The summed E-state index contributed by atoms with van der Waals surface area (Å²) in [6.45, 7) is 1.91. The average Bonchev–Trinajstić information content (AvgIpc) is 2.90. The molecule has 0 radical (unpaired) electrons. The second-order valence-corrected chi connectivity index (χ2v) is 5.43. The van der Waals surface area contributed by atoms with Gasteiger partial charge in [-0.1, -0.05) is 0 Å². The van der Waals surface area contributed by atoms with Crippen molar-refractivity contribution in [1.29, 1.82) is 0 Å². The molecule has 112 valence electrons. The second kappa shape index (κ2) is 6.58. The van der Waals surface area contributed by atoms with Crippen molar-refractivity contribution in [3.05, 3.63) is 33.8 Å². The van der Waals surface area contributed by atoms with Crippen molar-refractivity contribution in [2.45, 2.75) is 13.3 Å². The smallest absolute Gasteiger partial charge is 0.203 e. The number of rotatable bonds is 6. The van der Waals surface area contributed by atoms with Crippen LogP contribution in [0, 0.1) is 6.92 Å². The number of methoxy groups -OCH3 is 3. The number of benzene rings is 1. The van der Waals surface area contributed by atoms with E-state index < -0.39 is 0 Å². The molecule has 0 fully saturated rings. The van der Waals surface area contributed by atoms with Crippen LogP contribution in [0.3, 0.4) is 0 Å². The molecule has 0 saturated carbocycles. The summed E-state index contributed by atoms with van der Waals surface area (Å²) in [5, 5.41) is 2.84. The molecule has 1 aromatic heterocycles. The van der Waals surface area contributed by atoms with Gasteiger partial charge < -0.3 is 14.2 Å². The Labute approximate surface area is 127 Å². The monoisotopic (exact) mass is 307 g/mol. The number of carbonyl (C=O) groups is 1. The fraction of sp³-hybridized carbons (Fsp3) is 0.333. The number of carbonyl (C=O) groups excluding carboxylic acids is 1. The largest absolute Gasteiger partial charge is 0.493 e. The summed E-state index contributed by atoms with van der Waals surface area (Å²) in [7, 11) is 4.57. The van der Waals surface area contributed by atoms with E-state index in [1.54, 1.807) is 12.1 Å². The number of hydrogen-bond acceptors (Lipinski definition) is 6. The Hall–Kier alpha value is -2.08. The van der Waals surface area contributed by atoms with Gasteiger partial charge in [0.15, 0.2) is 17.3 Å². The first-order chi connectivity index (χ1) is 10.1. The molecule has 0 aliphatic rings. The van der Waals surface area contributed by atoms with Gasteiger partial charge in [-0.3, -0.25) is 4.79 Å². The Morgan fingerprint density at radius 3 is 2.19 bits per heavy atom. The Morgan fingerprint density at radius 1 is 1.14 bits per heavy atom. The fourth-order valence-corrected chi connectivity index (χ4v) is 2.61. The Balaban J connectivity index is 2.32. The van der Waals surface area contributed by atoms with E-state index in [9.17, 15) is 4.79 Å². The zero-order valence-electron chi connectivity index (χ0n) is 12.4. The van der Waals surface area contributed by atoms with Gasteiger partial charge >= 0.3 is 0 Å². The summed E-state index contributed by atoms with van der Waals surface area (Å²) in [5.74, 6) is 1.37. The Morgan fingerprint density at radius 2 is 1.76 bits per heavy atom. The molecule has 0 amide bonds. The highest BCUT2D eigenvalue weighted by Gasteiger charge is 2.17. The molecule has 0 N–H and O–H groups in total. The third-order valence-electron chi connectivity index (χ3n) is 2.99. The molecule has 2 rings (SSSR count). The fourth-order valence-electron chi connectivity index (χ4n) is 2.00. The molecule has 6 heteroatoms. The first-order valence-corrected chi connectivity index (χ1v) is 7.21. The molecule has 2 aromatic rings. The van der Waals surface area contributed by atoms with E-state index in [2.05, 4.69) is 4.98 Å². The van der Waals surface area contributed by atoms with Crippen molar-refractivity contribution >= 4 is 17.1 Å². The summed E-state index contributed by atoms with van der Waals surface area (Å²) in [4.78, 5) is 16.7. The highest BCUT2D eigenvalue weighted by molar-refractivity contribution is 7.09. The van der Waals surface area contributed by atoms with Crippen molar-refractivity contribution in [2.24, 2.45) is 0 Å². The lowest BCUT2D eigenvalue weighted by Crippen LogP contribution is -2.06. The Kier molecular flexibility index (Phi) is 4.80. The van der Waals surface area contributed by atoms with E-state index >= 15 is 0 Å². The quantitative estimate of drug-likeness (QED) is 0.768. The molecule has 0 saturated heterocycles. The van der Waals surface area contributed by atoms with E-state index in [0.717, 1.165) is 10.7 Å². The Bertz CT molecular complexity index is 626. The molecule has 0 unspecified atom stereocenters. The normalized spacial score (nSPS) is 10.3. The van der Waals surface area contributed by atoms with Gasteiger partial charge in [-0.15, -0.1) is 11.3 Å². The van der Waals surface area contributed by atoms with E-state index in [0.29, 0.717) is 22.8 Å². The van der Waals surface area contributed by atoms with Crippen LogP contribution in [0.4, 0.5) is 0 Å². The van der Waals surface area contributed by atoms with E-state index in [1.165, 1.54) is 32.7 Å². The van der Waals surface area contributed by atoms with Gasteiger partial charge in [-0.05, 0) is 19.1 Å².